The molecule has 1 aromatic carbocycles. The van der Waals surface area contributed by atoms with E-state index in [1.54, 1.807) is 4.68 Å². The fourth-order valence-corrected chi connectivity index (χ4v) is 3.24. The van der Waals surface area contributed by atoms with E-state index in [9.17, 15) is 4.79 Å². The third-order valence-corrected chi connectivity index (χ3v) is 4.25. The normalized spacial score (nSPS) is 15.9. The number of amides is 1. The molecule has 6 heteroatoms. The van der Waals surface area contributed by atoms with Gasteiger partial charge in [-0.1, -0.05) is 12.0 Å². The molecule has 2 aromatic rings. The van der Waals surface area contributed by atoms with E-state index in [4.69, 9.17) is 15.9 Å². The highest BCUT2D eigenvalue weighted by atomic mass is 16.5. The van der Waals surface area contributed by atoms with Gasteiger partial charge in [-0.25, -0.2) is 0 Å². The Hall–Kier alpha value is -2.94. The Bertz CT molecular complexity index is 848. The molecule has 0 saturated carbocycles. The number of rotatable bonds is 5. The highest BCUT2D eigenvalue weighted by molar-refractivity contribution is 5.94. The number of hydrogen-bond acceptors (Lipinski definition) is 4. The lowest BCUT2D eigenvalue weighted by atomic mass is 9.85. The number of aryl methyl sites for hydroxylation is 2. The molecule has 1 aliphatic rings. The van der Waals surface area contributed by atoms with Crippen molar-refractivity contribution in [3.63, 3.8) is 0 Å². The summed E-state index contributed by atoms with van der Waals surface area (Å²) in [5.41, 5.74) is 2.94. The van der Waals surface area contributed by atoms with Gasteiger partial charge in [-0.05, 0) is 31.5 Å². The van der Waals surface area contributed by atoms with Crippen molar-refractivity contribution in [3.8, 4) is 23.8 Å². The van der Waals surface area contributed by atoms with Crippen LogP contribution in [-0.2, 0) is 11.8 Å². The zero-order valence-corrected chi connectivity index (χ0v) is 14.6. The summed E-state index contributed by atoms with van der Waals surface area (Å²) in [5.74, 6) is 4.34. The van der Waals surface area contributed by atoms with E-state index in [1.165, 1.54) is 0 Å². The van der Waals surface area contributed by atoms with Crippen molar-refractivity contribution in [1.82, 2.24) is 9.78 Å². The third kappa shape index (κ3) is 3.18. The Balaban J connectivity index is 2.03. The lowest BCUT2D eigenvalue weighted by Gasteiger charge is -2.24. The number of hydrogen-bond donors (Lipinski definition) is 1. The van der Waals surface area contributed by atoms with Gasteiger partial charge in [0.15, 0.2) is 11.5 Å². The summed E-state index contributed by atoms with van der Waals surface area (Å²) in [7, 11) is 1.83. The van der Waals surface area contributed by atoms with Crippen molar-refractivity contribution < 1.29 is 14.3 Å². The third-order valence-electron chi connectivity index (χ3n) is 4.25. The molecule has 0 saturated heterocycles. The molecule has 0 aliphatic carbocycles. The number of anilines is 1. The average molecular weight is 339 g/mol. The maximum Gasteiger partial charge on any atom is 0.226 e. The molecule has 3 rings (SSSR count). The molecule has 0 fully saturated rings. The van der Waals surface area contributed by atoms with E-state index < -0.39 is 0 Å². The molecule has 1 atom stereocenters. The van der Waals surface area contributed by atoms with Gasteiger partial charge in [0.05, 0.1) is 12.3 Å². The lowest BCUT2D eigenvalue weighted by molar-refractivity contribution is -0.116. The summed E-state index contributed by atoms with van der Waals surface area (Å²) in [4.78, 5) is 12.2. The van der Waals surface area contributed by atoms with Crippen LogP contribution in [0.1, 0.15) is 36.1 Å². The van der Waals surface area contributed by atoms with Gasteiger partial charge in [0.2, 0.25) is 5.91 Å². The molecule has 1 N–H and O–H groups in total. The SMILES string of the molecule is C#CCOc1ccc([C@H]2CC(=O)Nc3c2c(C)nn3C)cc1OCC. The number of fused-ring (bicyclic) bond motifs is 1. The maximum absolute atomic E-state index is 12.2. The molecule has 0 bridgehead atoms. The molecule has 1 aliphatic heterocycles. The molecule has 0 spiro atoms. The van der Waals surface area contributed by atoms with Gasteiger partial charge in [0, 0.05) is 24.9 Å². The van der Waals surface area contributed by atoms with Crippen LogP contribution in [0.5, 0.6) is 11.5 Å². The van der Waals surface area contributed by atoms with Crippen molar-refractivity contribution in [3.05, 3.63) is 35.0 Å². The first-order valence-electron chi connectivity index (χ1n) is 8.21. The minimum Gasteiger partial charge on any atom is -0.490 e. The Kier molecular flexibility index (Phi) is 4.66. The maximum atomic E-state index is 12.2. The van der Waals surface area contributed by atoms with Crippen molar-refractivity contribution in [2.75, 3.05) is 18.5 Å². The topological polar surface area (TPSA) is 65.4 Å². The summed E-state index contributed by atoms with van der Waals surface area (Å²) in [6.45, 7) is 4.56. The fraction of sp³-hybridized carbons (Fsp3) is 0.368. The zero-order valence-electron chi connectivity index (χ0n) is 14.6. The van der Waals surface area contributed by atoms with E-state index in [-0.39, 0.29) is 18.4 Å². The van der Waals surface area contributed by atoms with Crippen LogP contribution >= 0.6 is 0 Å². The van der Waals surface area contributed by atoms with Crippen LogP contribution in [0, 0.1) is 19.3 Å². The van der Waals surface area contributed by atoms with E-state index in [0.717, 1.165) is 22.6 Å². The summed E-state index contributed by atoms with van der Waals surface area (Å²) < 4.78 is 13.0. The number of terminal acetylenes is 1. The first-order chi connectivity index (χ1) is 12.0. The first kappa shape index (κ1) is 16.9. The van der Waals surface area contributed by atoms with Crippen LogP contribution in [0.25, 0.3) is 0 Å². The Morgan fingerprint density at radius 1 is 1.40 bits per heavy atom. The average Bonchev–Trinajstić information content (AvgIpc) is 2.87. The highest BCUT2D eigenvalue weighted by Crippen LogP contribution is 2.41. The second-order valence-corrected chi connectivity index (χ2v) is 5.91. The molecule has 0 unspecified atom stereocenters. The van der Waals surface area contributed by atoms with Crippen LogP contribution in [0.2, 0.25) is 0 Å². The van der Waals surface area contributed by atoms with Crippen LogP contribution in [0.15, 0.2) is 18.2 Å². The standard InChI is InChI=1S/C19H21N3O3/c1-5-9-25-15-8-7-13(10-16(15)24-6-2)14-11-17(23)20-19-18(14)12(3)21-22(19)4/h1,7-8,10,14H,6,9,11H2,2-4H3,(H,20,23)/t14-/m1/s1. The van der Waals surface area contributed by atoms with E-state index in [0.29, 0.717) is 24.5 Å². The second-order valence-electron chi connectivity index (χ2n) is 5.91. The predicted octanol–water partition coefficient (Wildman–Crippen LogP) is 2.61. The molecular weight excluding hydrogens is 318 g/mol. The van der Waals surface area contributed by atoms with Crippen LogP contribution in [-0.4, -0.2) is 28.9 Å². The highest BCUT2D eigenvalue weighted by Gasteiger charge is 2.32. The lowest BCUT2D eigenvalue weighted by Crippen LogP contribution is -2.24. The van der Waals surface area contributed by atoms with Gasteiger partial charge < -0.3 is 14.8 Å². The van der Waals surface area contributed by atoms with Crippen molar-refractivity contribution in [2.45, 2.75) is 26.2 Å². The van der Waals surface area contributed by atoms with Crippen LogP contribution in [0.4, 0.5) is 5.82 Å². The Labute approximate surface area is 147 Å². The Morgan fingerprint density at radius 3 is 2.92 bits per heavy atom. The molecule has 1 amide bonds. The molecule has 25 heavy (non-hydrogen) atoms. The zero-order chi connectivity index (χ0) is 18.0. The van der Waals surface area contributed by atoms with Gasteiger partial charge in [0.1, 0.15) is 12.4 Å². The smallest absolute Gasteiger partial charge is 0.226 e. The van der Waals surface area contributed by atoms with E-state index >= 15 is 0 Å². The number of nitrogens with one attached hydrogen (secondary N) is 1. The quantitative estimate of drug-likeness (QED) is 0.851. The van der Waals surface area contributed by atoms with Crippen molar-refractivity contribution in [2.24, 2.45) is 7.05 Å². The number of ether oxygens (including phenoxy) is 2. The Morgan fingerprint density at radius 2 is 2.20 bits per heavy atom. The summed E-state index contributed by atoms with van der Waals surface area (Å²) in [6.07, 6.45) is 5.64. The van der Waals surface area contributed by atoms with Crippen molar-refractivity contribution >= 4 is 11.7 Å². The minimum absolute atomic E-state index is 0.0221. The van der Waals surface area contributed by atoms with Gasteiger partial charge in [-0.15, -0.1) is 6.42 Å². The number of carbonyl (C=O) groups excluding carboxylic acids is 1. The van der Waals surface area contributed by atoms with E-state index in [2.05, 4.69) is 16.3 Å². The second kappa shape index (κ2) is 6.89. The summed E-state index contributed by atoms with van der Waals surface area (Å²) in [5, 5.41) is 7.35. The first-order valence-corrected chi connectivity index (χ1v) is 8.21. The van der Waals surface area contributed by atoms with Gasteiger partial charge in [-0.3, -0.25) is 9.48 Å². The number of nitrogens with zero attached hydrogens (tertiary/aromatic N) is 2. The van der Waals surface area contributed by atoms with Crippen LogP contribution in [0.3, 0.4) is 0 Å². The van der Waals surface area contributed by atoms with Crippen LogP contribution < -0.4 is 14.8 Å². The number of carbonyl (C=O) groups is 1. The van der Waals surface area contributed by atoms with Crippen molar-refractivity contribution in [1.29, 1.82) is 0 Å². The largest absolute Gasteiger partial charge is 0.490 e. The molecule has 6 nitrogen and oxygen atoms in total. The minimum atomic E-state index is -0.0710. The number of aromatic nitrogens is 2. The predicted molar refractivity (Wildman–Crippen MR) is 95.0 cm³/mol. The molecular formula is C19H21N3O3. The molecule has 130 valence electrons. The monoisotopic (exact) mass is 339 g/mol. The van der Waals surface area contributed by atoms with Gasteiger partial charge >= 0.3 is 0 Å². The summed E-state index contributed by atoms with van der Waals surface area (Å²) >= 11 is 0. The summed E-state index contributed by atoms with van der Waals surface area (Å²) in [6, 6.07) is 5.72. The van der Waals surface area contributed by atoms with Gasteiger partial charge in [-0.2, -0.15) is 5.10 Å². The van der Waals surface area contributed by atoms with E-state index in [1.807, 2.05) is 39.1 Å². The fourth-order valence-electron chi connectivity index (χ4n) is 3.24. The van der Waals surface area contributed by atoms with Gasteiger partial charge in [0.25, 0.3) is 0 Å². The molecule has 1 aromatic heterocycles. The molecule has 0 radical (unpaired) electrons. The molecule has 2 heterocycles. The number of benzene rings is 1.